The predicted molar refractivity (Wildman–Crippen MR) is 104 cm³/mol. The van der Waals surface area contributed by atoms with Crippen LogP contribution < -0.4 is 4.52 Å². The predicted octanol–water partition coefficient (Wildman–Crippen LogP) is 6.19. The Balaban J connectivity index is 1.82. The lowest BCUT2D eigenvalue weighted by Gasteiger charge is -2.43. The zero-order valence-corrected chi connectivity index (χ0v) is 16.6. The molecule has 0 spiro atoms. The van der Waals surface area contributed by atoms with Gasteiger partial charge in [-0.15, -0.1) is 0 Å². The van der Waals surface area contributed by atoms with Crippen LogP contribution in [0.5, 0.6) is 5.75 Å². The molecule has 3 aliphatic carbocycles. The third-order valence-corrected chi connectivity index (χ3v) is 6.64. The van der Waals surface area contributed by atoms with Crippen molar-refractivity contribution in [1.82, 2.24) is 0 Å². The Labute approximate surface area is 162 Å². The van der Waals surface area contributed by atoms with Crippen LogP contribution in [0.3, 0.4) is 0 Å². The first-order valence-electron chi connectivity index (χ1n) is 9.79. The molecule has 0 radical (unpaired) electrons. The molecule has 1 aromatic rings. The molecule has 2 unspecified atom stereocenters. The molecule has 0 N–H and O–H groups in total. The summed E-state index contributed by atoms with van der Waals surface area (Å²) in [6.07, 6.45) is 10.0. The van der Waals surface area contributed by atoms with E-state index in [-0.39, 0.29) is 0 Å². The molecule has 0 heterocycles. The second-order valence-electron chi connectivity index (χ2n) is 7.70. The highest BCUT2D eigenvalue weighted by Crippen LogP contribution is 2.53. The number of fused-ring (bicyclic) bond motifs is 3. The maximum atomic E-state index is 10.9. The van der Waals surface area contributed by atoms with Gasteiger partial charge in [0.1, 0.15) is 11.8 Å². The molecule has 2 bridgehead atoms. The molecule has 5 heteroatoms. The summed E-state index contributed by atoms with van der Waals surface area (Å²) in [5, 5.41) is 9.26. The Hall–Kier alpha value is -2.11. The summed E-state index contributed by atoms with van der Waals surface area (Å²) in [7, 11) is 1.27. The third-order valence-electron chi connectivity index (χ3n) is 6.37. The largest absolute Gasteiger partial charge is 0.496 e. The van der Waals surface area contributed by atoms with Gasteiger partial charge in [0.2, 0.25) is 0 Å². The number of ether oxygens (including phenoxy) is 1. The minimum absolute atomic E-state index is 0.334. The first-order chi connectivity index (χ1) is 13.3. The van der Waals surface area contributed by atoms with Crippen molar-refractivity contribution in [1.29, 1.82) is 5.26 Å². The monoisotopic (exact) mass is 381 g/mol. The number of methoxy groups -OCH3 is 1. The molecule has 4 rings (SSSR count). The van der Waals surface area contributed by atoms with Gasteiger partial charge in [0.15, 0.2) is 5.75 Å². The zero-order valence-electron chi connectivity index (χ0n) is 15.7. The van der Waals surface area contributed by atoms with Gasteiger partial charge in [-0.25, -0.2) is 4.57 Å². The van der Waals surface area contributed by atoms with Crippen LogP contribution in [0.15, 0.2) is 34.9 Å². The highest BCUT2D eigenvalue weighted by atomic mass is 31.1. The Morgan fingerprint density at radius 1 is 1.22 bits per heavy atom. The number of nitrogens with zero attached hydrogens (tertiary/aromatic N) is 1. The van der Waals surface area contributed by atoms with E-state index in [0.29, 0.717) is 23.1 Å². The molecule has 1 saturated carbocycles. The molecule has 3 aliphatic rings. The Kier molecular flexibility index (Phi) is 5.32. The number of hydrogen-bond donors (Lipinski definition) is 0. The van der Waals surface area contributed by atoms with Crippen LogP contribution in [-0.2, 0) is 9.30 Å². The van der Waals surface area contributed by atoms with E-state index in [1.54, 1.807) is 30.4 Å². The van der Waals surface area contributed by atoms with Gasteiger partial charge in [-0.1, -0.05) is 17.6 Å². The molecule has 2 atom stereocenters. The van der Waals surface area contributed by atoms with Crippen LogP contribution in [-0.4, -0.2) is 7.11 Å². The van der Waals surface area contributed by atoms with Gasteiger partial charge < -0.3 is 9.26 Å². The molecule has 0 aromatic heterocycles. The first-order valence-corrected chi connectivity index (χ1v) is 10.5. The quantitative estimate of drug-likeness (QED) is 0.354. The molecule has 4 nitrogen and oxygen atoms in total. The molecular formula is C22H24NO3P. The van der Waals surface area contributed by atoms with Crippen LogP contribution in [0.4, 0.5) is 0 Å². The van der Waals surface area contributed by atoms with Gasteiger partial charge in [0.05, 0.1) is 12.7 Å². The Morgan fingerprint density at radius 3 is 2.85 bits per heavy atom. The summed E-state index contributed by atoms with van der Waals surface area (Å²) in [4.78, 5) is 0. The van der Waals surface area contributed by atoms with Crippen molar-refractivity contribution >= 4 is 14.4 Å². The zero-order chi connectivity index (χ0) is 18.8. The van der Waals surface area contributed by atoms with Gasteiger partial charge in [-0.05, 0) is 74.6 Å². The lowest BCUT2D eigenvalue weighted by atomic mass is 9.62. The summed E-state index contributed by atoms with van der Waals surface area (Å²) in [6.45, 7) is 0. The van der Waals surface area contributed by atoms with Crippen LogP contribution in [0, 0.1) is 23.2 Å². The lowest BCUT2D eigenvalue weighted by Crippen LogP contribution is -2.30. The summed E-state index contributed by atoms with van der Waals surface area (Å²) in [6, 6.07) is 7.51. The molecule has 1 aromatic carbocycles. The average Bonchev–Trinajstić information content (AvgIpc) is 2.69. The standard InChI is InChI=1S/C22H24NO3P/c1-25-22(16-9-10-17(13-23)20(12-16)26-27-24)21-15-6-4-8-19(21)18-7-3-2-5-14(18)11-15/h9-10,12,15,19H,2-8,11H2,1H3/b22-21+. The van der Waals surface area contributed by atoms with E-state index >= 15 is 0 Å². The maximum Gasteiger partial charge on any atom is 0.395 e. The van der Waals surface area contributed by atoms with Crippen molar-refractivity contribution in [3.63, 3.8) is 0 Å². The minimum atomic E-state index is -0.459. The van der Waals surface area contributed by atoms with Gasteiger partial charge in [-0.2, -0.15) is 5.26 Å². The summed E-state index contributed by atoms with van der Waals surface area (Å²) >= 11 is 0. The van der Waals surface area contributed by atoms with Crippen molar-refractivity contribution < 1.29 is 13.8 Å². The van der Waals surface area contributed by atoms with Gasteiger partial charge in [0.25, 0.3) is 0 Å². The molecular weight excluding hydrogens is 357 g/mol. The van der Waals surface area contributed by atoms with Crippen LogP contribution in [0.1, 0.15) is 62.5 Å². The number of rotatable bonds is 4. The smallest absolute Gasteiger partial charge is 0.395 e. The number of hydrogen-bond acceptors (Lipinski definition) is 4. The lowest BCUT2D eigenvalue weighted by molar-refractivity contribution is 0.311. The first kappa shape index (κ1) is 18.3. The van der Waals surface area contributed by atoms with E-state index in [0.717, 1.165) is 11.3 Å². The highest BCUT2D eigenvalue weighted by molar-refractivity contribution is 7.17. The molecule has 0 saturated heterocycles. The second-order valence-corrected chi connectivity index (χ2v) is 8.03. The fourth-order valence-corrected chi connectivity index (χ4v) is 5.53. The Morgan fingerprint density at radius 2 is 2.07 bits per heavy atom. The fourth-order valence-electron chi connectivity index (χ4n) is 5.30. The number of allylic oxidation sites excluding steroid dienone is 3. The van der Waals surface area contributed by atoms with E-state index in [1.165, 1.54) is 56.9 Å². The molecule has 140 valence electrons. The maximum absolute atomic E-state index is 10.9. The van der Waals surface area contributed by atoms with Crippen molar-refractivity contribution in [3.05, 3.63) is 46.0 Å². The molecule has 0 aliphatic heterocycles. The van der Waals surface area contributed by atoms with E-state index in [4.69, 9.17) is 9.26 Å². The van der Waals surface area contributed by atoms with Crippen molar-refractivity contribution in [2.24, 2.45) is 11.8 Å². The van der Waals surface area contributed by atoms with Crippen LogP contribution in [0.2, 0.25) is 0 Å². The second kappa shape index (κ2) is 7.87. The number of nitriles is 1. The fraction of sp³-hybridized carbons (Fsp3) is 0.500. The summed E-state index contributed by atoms with van der Waals surface area (Å²) in [5.41, 5.74) is 6.10. The topological polar surface area (TPSA) is 59.3 Å². The molecule has 1 fully saturated rings. The third kappa shape index (κ3) is 3.30. The Bertz CT molecular complexity index is 865. The van der Waals surface area contributed by atoms with E-state index in [1.807, 2.05) is 6.07 Å². The van der Waals surface area contributed by atoms with Crippen molar-refractivity contribution in [3.8, 4) is 11.8 Å². The van der Waals surface area contributed by atoms with Gasteiger partial charge in [-0.3, -0.25) is 0 Å². The summed E-state index contributed by atoms with van der Waals surface area (Å²) in [5.74, 6) is 2.30. The van der Waals surface area contributed by atoms with Crippen molar-refractivity contribution in [2.75, 3.05) is 7.11 Å². The van der Waals surface area contributed by atoms with Gasteiger partial charge >= 0.3 is 8.69 Å². The van der Waals surface area contributed by atoms with E-state index < -0.39 is 8.69 Å². The number of benzene rings is 1. The normalized spacial score (nSPS) is 26.2. The SMILES string of the molecule is CO/C(=C1\C2CCCC1C1=C(CCCC1)C2)c1ccc(C#N)c(OP=O)c1. The highest BCUT2D eigenvalue weighted by Gasteiger charge is 2.39. The van der Waals surface area contributed by atoms with Gasteiger partial charge in [0, 0.05) is 11.5 Å². The molecule has 0 amide bonds. The van der Waals surface area contributed by atoms with E-state index in [9.17, 15) is 9.83 Å². The average molecular weight is 381 g/mol. The van der Waals surface area contributed by atoms with Crippen LogP contribution in [0.25, 0.3) is 5.76 Å². The minimum Gasteiger partial charge on any atom is -0.496 e. The van der Waals surface area contributed by atoms with Crippen molar-refractivity contribution in [2.45, 2.75) is 51.4 Å². The molecule has 27 heavy (non-hydrogen) atoms. The van der Waals surface area contributed by atoms with E-state index in [2.05, 4.69) is 6.07 Å². The summed E-state index contributed by atoms with van der Waals surface area (Å²) < 4.78 is 22.0. The van der Waals surface area contributed by atoms with Crippen LogP contribution >= 0.6 is 8.69 Å².